The Morgan fingerprint density at radius 2 is 2.41 bits per heavy atom. The van der Waals surface area contributed by atoms with E-state index < -0.39 is 0 Å². The van der Waals surface area contributed by atoms with Gasteiger partial charge in [-0.05, 0) is 13.8 Å². The molecule has 0 bridgehead atoms. The van der Waals surface area contributed by atoms with Gasteiger partial charge in [-0.15, -0.1) is 16.4 Å². The van der Waals surface area contributed by atoms with Crippen LogP contribution in [-0.2, 0) is 5.75 Å². The Labute approximate surface area is 106 Å². The van der Waals surface area contributed by atoms with Crippen LogP contribution in [0.25, 0.3) is 0 Å². The van der Waals surface area contributed by atoms with Crippen molar-refractivity contribution in [3.05, 3.63) is 21.6 Å². The molecule has 0 radical (unpaired) electrons. The van der Waals surface area contributed by atoms with Gasteiger partial charge in [-0.2, -0.15) is 0 Å². The Morgan fingerprint density at radius 3 is 3.00 bits per heavy atom. The van der Waals surface area contributed by atoms with E-state index in [1.54, 1.807) is 4.57 Å². The molecule has 0 saturated carbocycles. The first-order valence-corrected chi connectivity index (χ1v) is 6.94. The monoisotopic (exact) mass is 271 g/mol. The number of anilines is 1. The summed E-state index contributed by atoms with van der Waals surface area (Å²) in [7, 11) is 0. The van der Waals surface area contributed by atoms with Crippen LogP contribution in [0.15, 0.2) is 15.3 Å². The van der Waals surface area contributed by atoms with Gasteiger partial charge < -0.3 is 5.73 Å². The molecule has 0 aliphatic carbocycles. The minimum absolute atomic E-state index is 0.0873. The van der Waals surface area contributed by atoms with Crippen LogP contribution in [0.5, 0.6) is 0 Å². The van der Waals surface area contributed by atoms with Crippen LogP contribution in [0.2, 0.25) is 0 Å². The van der Waals surface area contributed by atoms with E-state index >= 15 is 0 Å². The quantitative estimate of drug-likeness (QED) is 0.822. The lowest BCUT2D eigenvalue weighted by atomic mass is 10.4. The molecule has 92 valence electrons. The molecule has 2 aromatic heterocycles. The number of nitrogens with two attached hydrogens (primary N) is 1. The fourth-order valence-corrected chi connectivity index (χ4v) is 3.01. The topological polar surface area (TPSA) is 89.6 Å². The van der Waals surface area contributed by atoms with E-state index in [0.29, 0.717) is 16.0 Å². The number of hydrogen-bond donors (Lipinski definition) is 2. The molecule has 0 aliphatic rings. The fourth-order valence-electron chi connectivity index (χ4n) is 1.37. The number of H-pyrrole nitrogens is 1. The first-order chi connectivity index (χ1) is 8.08. The van der Waals surface area contributed by atoms with Crippen molar-refractivity contribution in [3.8, 4) is 0 Å². The van der Waals surface area contributed by atoms with Crippen molar-refractivity contribution in [1.29, 1.82) is 0 Å². The highest BCUT2D eigenvalue weighted by Gasteiger charge is 2.12. The predicted molar refractivity (Wildman–Crippen MR) is 69.3 cm³/mol. The maximum atomic E-state index is 11.5. The van der Waals surface area contributed by atoms with Crippen LogP contribution < -0.4 is 11.4 Å². The van der Waals surface area contributed by atoms with E-state index in [4.69, 9.17) is 5.73 Å². The van der Waals surface area contributed by atoms with Crippen LogP contribution in [0.3, 0.4) is 0 Å². The highest BCUT2D eigenvalue weighted by Crippen LogP contribution is 2.23. The molecule has 0 saturated heterocycles. The summed E-state index contributed by atoms with van der Waals surface area (Å²) in [5.74, 6) is 0.657. The van der Waals surface area contributed by atoms with E-state index in [2.05, 4.69) is 15.2 Å². The number of rotatable bonds is 4. The number of hydrogen-bond acceptors (Lipinski definition) is 6. The zero-order valence-corrected chi connectivity index (χ0v) is 11.1. The Kier molecular flexibility index (Phi) is 3.53. The minimum Gasteiger partial charge on any atom is -0.375 e. The highest BCUT2D eigenvalue weighted by molar-refractivity contribution is 7.98. The average molecular weight is 271 g/mol. The zero-order valence-electron chi connectivity index (χ0n) is 9.51. The van der Waals surface area contributed by atoms with Gasteiger partial charge in [-0.25, -0.2) is 14.9 Å². The summed E-state index contributed by atoms with van der Waals surface area (Å²) >= 11 is 2.88. The van der Waals surface area contributed by atoms with Gasteiger partial charge in [0.1, 0.15) is 0 Å². The van der Waals surface area contributed by atoms with E-state index in [1.807, 2.05) is 19.2 Å². The molecule has 0 fully saturated rings. The third kappa shape index (κ3) is 2.70. The summed E-state index contributed by atoms with van der Waals surface area (Å²) in [6, 6.07) is 0.0873. The first-order valence-electron chi connectivity index (χ1n) is 5.07. The van der Waals surface area contributed by atoms with Crippen molar-refractivity contribution in [2.75, 3.05) is 5.73 Å². The number of nitrogen functional groups attached to an aromatic ring is 1. The van der Waals surface area contributed by atoms with E-state index in [1.165, 1.54) is 23.1 Å². The first kappa shape index (κ1) is 12.2. The number of nitrogens with one attached hydrogen (secondary N) is 1. The van der Waals surface area contributed by atoms with E-state index in [-0.39, 0.29) is 11.7 Å². The summed E-state index contributed by atoms with van der Waals surface area (Å²) in [5, 5.41) is 9.59. The maximum absolute atomic E-state index is 11.5. The second kappa shape index (κ2) is 4.92. The predicted octanol–water partition coefficient (Wildman–Crippen LogP) is 1.48. The third-order valence-electron chi connectivity index (χ3n) is 2.11. The molecule has 0 unspecified atom stereocenters. The van der Waals surface area contributed by atoms with Crippen LogP contribution in [0, 0.1) is 0 Å². The normalized spacial score (nSPS) is 11.2. The lowest BCUT2D eigenvalue weighted by Crippen LogP contribution is -2.19. The van der Waals surface area contributed by atoms with Crippen molar-refractivity contribution in [2.45, 2.75) is 30.8 Å². The van der Waals surface area contributed by atoms with E-state index in [0.717, 1.165) is 5.69 Å². The lowest BCUT2D eigenvalue weighted by molar-refractivity contribution is 0.534. The van der Waals surface area contributed by atoms with Crippen molar-refractivity contribution < 1.29 is 0 Å². The van der Waals surface area contributed by atoms with Gasteiger partial charge in [0.05, 0.1) is 5.69 Å². The number of aromatic amines is 1. The second-order valence-electron chi connectivity index (χ2n) is 3.74. The molecule has 0 aromatic carbocycles. The summed E-state index contributed by atoms with van der Waals surface area (Å²) in [5.41, 5.74) is 6.28. The van der Waals surface area contributed by atoms with Gasteiger partial charge in [0.15, 0.2) is 10.3 Å². The molecule has 17 heavy (non-hydrogen) atoms. The van der Waals surface area contributed by atoms with Gasteiger partial charge in [0, 0.05) is 17.2 Å². The maximum Gasteiger partial charge on any atom is 0.344 e. The Bertz CT molecular complexity index is 556. The smallest absolute Gasteiger partial charge is 0.344 e. The van der Waals surface area contributed by atoms with Crippen LogP contribution >= 0.6 is 23.1 Å². The largest absolute Gasteiger partial charge is 0.375 e. The number of thioether (sulfide) groups is 1. The fraction of sp³-hybridized carbons (Fsp3) is 0.444. The molecule has 6 nitrogen and oxygen atoms in total. The van der Waals surface area contributed by atoms with Gasteiger partial charge in [-0.1, -0.05) is 11.8 Å². The molecule has 0 spiro atoms. The molecule has 2 heterocycles. The molecule has 3 N–H and O–H groups in total. The zero-order chi connectivity index (χ0) is 12.4. The van der Waals surface area contributed by atoms with Crippen molar-refractivity contribution in [2.24, 2.45) is 0 Å². The third-order valence-corrected chi connectivity index (χ3v) is 3.82. The van der Waals surface area contributed by atoms with Crippen LogP contribution in [0.4, 0.5) is 5.13 Å². The van der Waals surface area contributed by atoms with E-state index in [9.17, 15) is 4.79 Å². The standard InChI is InChI=1S/C9H13N5OS2/c1-5(2)14-8(15)12-13-9(14)17-4-6-3-16-7(10)11-6/h3,5H,4H2,1-2H3,(H2,10,11)(H,12,15). The lowest BCUT2D eigenvalue weighted by Gasteiger charge is -2.07. The van der Waals surface area contributed by atoms with Crippen molar-refractivity contribution in [3.63, 3.8) is 0 Å². The molecule has 8 heteroatoms. The Hall–Kier alpha value is -1.28. The summed E-state index contributed by atoms with van der Waals surface area (Å²) in [4.78, 5) is 15.7. The van der Waals surface area contributed by atoms with Crippen LogP contribution in [0.1, 0.15) is 25.6 Å². The average Bonchev–Trinajstić information content (AvgIpc) is 2.82. The molecular weight excluding hydrogens is 258 g/mol. The summed E-state index contributed by atoms with van der Waals surface area (Å²) < 4.78 is 1.63. The molecule has 0 aliphatic heterocycles. The summed E-state index contributed by atoms with van der Waals surface area (Å²) in [6.45, 7) is 3.89. The highest BCUT2D eigenvalue weighted by atomic mass is 32.2. The molecule has 0 amide bonds. The van der Waals surface area contributed by atoms with Gasteiger partial charge >= 0.3 is 5.69 Å². The molecule has 2 aromatic rings. The van der Waals surface area contributed by atoms with Gasteiger partial charge in [-0.3, -0.25) is 4.57 Å². The molecular formula is C9H13N5OS2. The minimum atomic E-state index is -0.180. The van der Waals surface area contributed by atoms with Gasteiger partial charge in [0.25, 0.3) is 0 Å². The Balaban J connectivity index is 2.12. The number of nitrogens with zero attached hydrogens (tertiary/aromatic N) is 3. The molecule has 0 atom stereocenters. The summed E-state index contributed by atoms with van der Waals surface area (Å²) in [6.07, 6.45) is 0. The van der Waals surface area contributed by atoms with Crippen molar-refractivity contribution in [1.82, 2.24) is 19.7 Å². The van der Waals surface area contributed by atoms with Crippen molar-refractivity contribution >= 4 is 28.2 Å². The SMILES string of the molecule is CC(C)n1c(SCc2csc(N)n2)n[nH]c1=O. The second-order valence-corrected chi connectivity index (χ2v) is 5.57. The Morgan fingerprint density at radius 1 is 1.65 bits per heavy atom. The molecule has 2 rings (SSSR count). The van der Waals surface area contributed by atoms with Crippen LogP contribution in [-0.4, -0.2) is 19.7 Å². The van der Waals surface area contributed by atoms with Gasteiger partial charge in [0.2, 0.25) is 0 Å². The number of aromatic nitrogens is 4. The number of thiazole rings is 1.